The molecule has 0 heterocycles. The first kappa shape index (κ1) is 9.06. The highest BCUT2D eigenvalue weighted by Gasteiger charge is 1.44. The van der Waals surface area contributed by atoms with Crippen molar-refractivity contribution in [3.63, 3.8) is 0 Å². The van der Waals surface area contributed by atoms with Crippen molar-refractivity contribution in [2.24, 2.45) is 5.90 Å². The zero-order valence-corrected chi connectivity index (χ0v) is 3.97. The normalized spacial score (nSPS) is 4.50. The van der Waals surface area contributed by atoms with E-state index in [0.29, 0.717) is 0 Å². The molecule has 0 fully saturated rings. The molecule has 0 spiro atoms. The van der Waals surface area contributed by atoms with Gasteiger partial charge in [0.15, 0.2) is 0 Å². The maximum atomic E-state index is 8.83. The summed E-state index contributed by atoms with van der Waals surface area (Å²) in [5, 5.41) is 0. The van der Waals surface area contributed by atoms with Crippen LogP contribution >= 0.6 is 0 Å². The Hall–Kier alpha value is -0.570. The fraction of sp³-hybridized carbons (Fsp3) is 0.667. The summed E-state index contributed by atoms with van der Waals surface area (Å²) in [4.78, 5) is 12.2. The van der Waals surface area contributed by atoms with Crippen LogP contribution in [0.5, 0.6) is 0 Å². The second-order valence-corrected chi connectivity index (χ2v) is 0.232. The molecule has 2 N–H and O–H groups in total. The van der Waals surface area contributed by atoms with Crippen LogP contribution in [-0.4, -0.2) is 6.47 Å². The summed E-state index contributed by atoms with van der Waals surface area (Å²) >= 11 is 0. The Kier molecular flexibility index (Phi) is 38.5. The van der Waals surface area contributed by atoms with Crippen molar-refractivity contribution in [2.45, 2.75) is 13.8 Å². The lowest BCUT2D eigenvalue weighted by atomic mass is 11.0. The lowest BCUT2D eigenvalue weighted by Crippen LogP contribution is -1.92. The summed E-state index contributed by atoms with van der Waals surface area (Å²) in [6.07, 6.45) is 0. The summed E-state index contributed by atoms with van der Waals surface area (Å²) in [6.45, 7) is 4.15. The van der Waals surface area contributed by atoms with Gasteiger partial charge in [-0.3, -0.25) is 4.79 Å². The quantitative estimate of drug-likeness (QED) is 0.366. The van der Waals surface area contributed by atoms with Crippen LogP contribution < -0.4 is 5.90 Å². The molecule has 0 unspecified atom stereocenters. The average molecular weight is 91.1 g/mol. The van der Waals surface area contributed by atoms with Gasteiger partial charge in [-0.1, -0.05) is 13.8 Å². The van der Waals surface area contributed by atoms with E-state index in [1.54, 1.807) is 0 Å². The predicted molar refractivity (Wildman–Crippen MR) is 22.7 cm³/mol. The minimum Gasteiger partial charge on any atom is -0.376 e. The maximum absolute atomic E-state index is 8.83. The Balaban J connectivity index is 0. The number of nitrogens with two attached hydrogens (primary N) is 1. The molecule has 0 saturated heterocycles. The summed E-state index contributed by atoms with van der Waals surface area (Å²) in [5.41, 5.74) is 0. The highest BCUT2D eigenvalue weighted by atomic mass is 16.6. The smallest absolute Gasteiger partial charge is 0.312 e. The number of hydrogen-bond acceptors (Lipinski definition) is 3. The SMILES string of the molecule is CC.NOC=O. The van der Waals surface area contributed by atoms with Crippen LogP contribution in [0, 0.1) is 0 Å². The highest BCUT2D eigenvalue weighted by Crippen LogP contribution is 1.24. The standard InChI is InChI=1S/C2H6.CH3NO2/c1-2;2-4-1-3/h1-2H3;1H,2H2. The van der Waals surface area contributed by atoms with Gasteiger partial charge in [0.25, 0.3) is 0 Å². The monoisotopic (exact) mass is 91.1 g/mol. The van der Waals surface area contributed by atoms with E-state index in [0.717, 1.165) is 0 Å². The number of carbonyl (C=O) groups is 1. The molecule has 0 atom stereocenters. The van der Waals surface area contributed by atoms with Crippen LogP contribution in [0.1, 0.15) is 13.8 Å². The molecule has 0 radical (unpaired) electrons. The van der Waals surface area contributed by atoms with E-state index in [1.807, 2.05) is 13.8 Å². The average Bonchev–Trinajstić information content (AvgIpc) is 1.72. The summed E-state index contributed by atoms with van der Waals surface area (Å²) in [7, 11) is 0. The van der Waals surface area contributed by atoms with Crippen LogP contribution in [-0.2, 0) is 9.63 Å². The molecule has 0 saturated carbocycles. The van der Waals surface area contributed by atoms with Gasteiger partial charge in [0.1, 0.15) is 0 Å². The minimum absolute atomic E-state index is 0.153. The number of hydrogen-bond donors (Lipinski definition) is 1. The third-order valence-corrected chi connectivity index (χ3v) is 0.0556. The molecular formula is C3H9NO2. The molecule has 0 aromatic carbocycles. The minimum atomic E-state index is 0.153. The zero-order valence-electron chi connectivity index (χ0n) is 3.97. The van der Waals surface area contributed by atoms with Crippen molar-refractivity contribution < 1.29 is 9.63 Å². The second kappa shape index (κ2) is 25.5. The van der Waals surface area contributed by atoms with Crippen molar-refractivity contribution in [1.82, 2.24) is 0 Å². The molecule has 0 bridgehead atoms. The lowest BCUT2D eigenvalue weighted by molar-refractivity contribution is -0.129. The summed E-state index contributed by atoms with van der Waals surface area (Å²) in [6, 6.07) is 0. The molecule has 3 nitrogen and oxygen atoms in total. The van der Waals surface area contributed by atoms with Crippen molar-refractivity contribution in [3.8, 4) is 0 Å². The largest absolute Gasteiger partial charge is 0.376 e. The van der Waals surface area contributed by atoms with E-state index in [-0.39, 0.29) is 6.47 Å². The van der Waals surface area contributed by atoms with Crippen LogP contribution in [0.3, 0.4) is 0 Å². The Labute approximate surface area is 37.0 Å². The van der Waals surface area contributed by atoms with Gasteiger partial charge < -0.3 is 4.84 Å². The Morgan fingerprint density at radius 1 is 1.67 bits per heavy atom. The Morgan fingerprint density at radius 3 is 1.83 bits per heavy atom. The first-order chi connectivity index (χ1) is 2.91. The molecule has 0 aliphatic carbocycles. The van der Waals surface area contributed by atoms with Gasteiger partial charge in [0.05, 0.1) is 0 Å². The fourth-order valence-corrected chi connectivity index (χ4v) is 0. The van der Waals surface area contributed by atoms with Crippen molar-refractivity contribution in [3.05, 3.63) is 0 Å². The number of carbonyl (C=O) groups excluding carboxylic acids is 1. The van der Waals surface area contributed by atoms with Gasteiger partial charge in [0.2, 0.25) is 0 Å². The summed E-state index contributed by atoms with van der Waals surface area (Å²) < 4.78 is 0. The third-order valence-electron chi connectivity index (χ3n) is 0.0556. The zero-order chi connectivity index (χ0) is 5.41. The lowest BCUT2D eigenvalue weighted by Gasteiger charge is -1.66. The van der Waals surface area contributed by atoms with Crippen LogP contribution in [0.25, 0.3) is 0 Å². The Morgan fingerprint density at radius 2 is 1.83 bits per heavy atom. The predicted octanol–water partition coefficient (Wildman–Crippen LogP) is 0.0593. The topological polar surface area (TPSA) is 52.3 Å². The van der Waals surface area contributed by atoms with Gasteiger partial charge in [0, 0.05) is 0 Å². The van der Waals surface area contributed by atoms with Crippen molar-refractivity contribution in [2.75, 3.05) is 0 Å². The van der Waals surface area contributed by atoms with E-state index in [9.17, 15) is 0 Å². The van der Waals surface area contributed by atoms with E-state index < -0.39 is 0 Å². The Bertz CT molecular complexity index is 22.8. The molecular weight excluding hydrogens is 82.0 g/mol. The van der Waals surface area contributed by atoms with E-state index >= 15 is 0 Å². The van der Waals surface area contributed by atoms with Gasteiger partial charge in [-0.05, 0) is 0 Å². The van der Waals surface area contributed by atoms with Crippen molar-refractivity contribution >= 4 is 6.47 Å². The molecule has 0 aliphatic rings. The molecule has 3 heteroatoms. The maximum Gasteiger partial charge on any atom is 0.312 e. The van der Waals surface area contributed by atoms with Gasteiger partial charge in [-0.15, -0.1) is 0 Å². The third kappa shape index (κ3) is 110. The van der Waals surface area contributed by atoms with Crippen LogP contribution in [0.4, 0.5) is 0 Å². The van der Waals surface area contributed by atoms with Gasteiger partial charge in [-0.2, -0.15) is 5.90 Å². The first-order valence-corrected chi connectivity index (χ1v) is 1.71. The molecule has 0 aromatic rings. The fourth-order valence-electron chi connectivity index (χ4n) is 0. The van der Waals surface area contributed by atoms with Crippen LogP contribution in [0.2, 0.25) is 0 Å². The van der Waals surface area contributed by atoms with Gasteiger partial charge in [-0.25, -0.2) is 0 Å². The summed E-state index contributed by atoms with van der Waals surface area (Å²) in [5.74, 6) is 4.16. The molecule has 0 aromatic heterocycles. The highest BCUT2D eigenvalue weighted by molar-refractivity contribution is 5.35. The molecule has 0 rings (SSSR count). The number of rotatable bonds is 1. The molecule has 38 valence electrons. The first-order valence-electron chi connectivity index (χ1n) is 1.71. The van der Waals surface area contributed by atoms with E-state index in [1.165, 1.54) is 0 Å². The molecule has 0 amide bonds. The van der Waals surface area contributed by atoms with Gasteiger partial charge >= 0.3 is 6.47 Å². The van der Waals surface area contributed by atoms with Crippen molar-refractivity contribution in [1.29, 1.82) is 0 Å². The van der Waals surface area contributed by atoms with E-state index in [4.69, 9.17) is 4.79 Å². The second-order valence-electron chi connectivity index (χ2n) is 0.232. The van der Waals surface area contributed by atoms with E-state index in [2.05, 4.69) is 10.7 Å². The molecule has 6 heavy (non-hydrogen) atoms. The molecule has 0 aliphatic heterocycles. The van der Waals surface area contributed by atoms with Crippen LogP contribution in [0.15, 0.2) is 0 Å².